The van der Waals surface area contributed by atoms with Crippen LogP contribution < -0.4 is 0 Å². The fourth-order valence-electron chi connectivity index (χ4n) is 0.439. The fourth-order valence-corrected chi connectivity index (χ4v) is 0.711. The lowest BCUT2D eigenvalue weighted by molar-refractivity contribution is 1.71. The molecule has 0 aliphatic rings. The van der Waals surface area contributed by atoms with E-state index >= 15 is 0 Å². The molecule has 0 saturated heterocycles. The molecule has 0 aliphatic carbocycles. The second kappa shape index (κ2) is 6.02. The van der Waals surface area contributed by atoms with E-state index in [-0.39, 0.29) is 0 Å². The molecule has 0 bridgehead atoms. The molecule has 0 aliphatic heterocycles. The van der Waals surface area contributed by atoms with Gasteiger partial charge < -0.3 is 0 Å². The van der Waals surface area contributed by atoms with Crippen molar-refractivity contribution < 1.29 is 0 Å². The van der Waals surface area contributed by atoms with Crippen molar-refractivity contribution in [3.63, 3.8) is 0 Å². The van der Waals surface area contributed by atoms with E-state index in [0.717, 1.165) is 0 Å². The summed E-state index contributed by atoms with van der Waals surface area (Å²) in [5, 5.41) is 1.21. The van der Waals surface area contributed by atoms with Crippen molar-refractivity contribution in [1.82, 2.24) is 0 Å². The van der Waals surface area contributed by atoms with Crippen LogP contribution in [0.5, 0.6) is 0 Å². The summed E-state index contributed by atoms with van der Waals surface area (Å²) in [6, 6.07) is 7.19. The predicted molar refractivity (Wildman–Crippen MR) is 51.3 cm³/mol. The molecule has 1 rings (SSSR count). The van der Waals surface area contributed by atoms with Crippen LogP contribution in [-0.4, -0.2) is 5.83 Å². The molecule has 0 amide bonds. The molecule has 0 unspecified atom stereocenters. The van der Waals surface area contributed by atoms with Gasteiger partial charge in [-0.2, -0.15) is 0 Å². The van der Waals surface area contributed by atoms with Gasteiger partial charge in [-0.25, -0.2) is 0 Å². The lowest BCUT2D eigenvalue weighted by atomic mass is 10.4. The summed E-state index contributed by atoms with van der Waals surface area (Å²) in [5.41, 5.74) is 0. The molecule has 0 aromatic heterocycles. The quantitative estimate of drug-likeness (QED) is 0.603. The van der Waals surface area contributed by atoms with Crippen molar-refractivity contribution in [3.05, 3.63) is 34.3 Å². The summed E-state index contributed by atoms with van der Waals surface area (Å²) in [4.78, 5) is 0. The Kier molecular flexibility index (Phi) is 6.19. The van der Waals surface area contributed by atoms with Crippen LogP contribution in [0.25, 0.3) is 0 Å². The van der Waals surface area contributed by atoms with Crippen LogP contribution in [0.3, 0.4) is 0 Å². The molecular formula is C7H7BrCl2. The third-order valence-corrected chi connectivity index (χ3v) is 1.58. The van der Waals surface area contributed by atoms with Crippen LogP contribution in [0.1, 0.15) is 0 Å². The molecular weight excluding hydrogens is 235 g/mol. The summed E-state index contributed by atoms with van der Waals surface area (Å²) in [6.07, 6.45) is 0. The lowest BCUT2D eigenvalue weighted by Crippen LogP contribution is -1.62. The molecule has 0 atom stereocenters. The van der Waals surface area contributed by atoms with Gasteiger partial charge in [0.25, 0.3) is 0 Å². The van der Waals surface area contributed by atoms with E-state index in [1.807, 2.05) is 18.0 Å². The Labute approximate surface area is 79.3 Å². The van der Waals surface area contributed by atoms with Crippen LogP contribution in [0.15, 0.2) is 24.3 Å². The topological polar surface area (TPSA) is 0 Å². The zero-order valence-electron chi connectivity index (χ0n) is 5.44. The second-order valence-electron chi connectivity index (χ2n) is 1.41. The van der Waals surface area contributed by atoms with Gasteiger partial charge in [0, 0.05) is 0 Å². The number of rotatable bonds is 0. The van der Waals surface area contributed by atoms with E-state index in [1.165, 1.54) is 0 Å². The molecule has 56 valence electrons. The molecule has 1 aromatic rings. The maximum absolute atomic E-state index is 5.58. The molecule has 0 heterocycles. The van der Waals surface area contributed by atoms with Crippen LogP contribution in [-0.2, 0) is 0 Å². The third kappa shape index (κ3) is 3.45. The first-order valence-electron chi connectivity index (χ1n) is 2.58. The average Bonchev–Trinajstić information content (AvgIpc) is 2.00. The Morgan fingerprint density at radius 1 is 1.00 bits per heavy atom. The van der Waals surface area contributed by atoms with E-state index in [2.05, 4.69) is 15.9 Å². The number of hydrogen-bond acceptors (Lipinski definition) is 0. The Morgan fingerprint density at radius 3 is 1.50 bits per heavy atom. The molecule has 10 heavy (non-hydrogen) atoms. The third-order valence-electron chi connectivity index (χ3n) is 0.824. The van der Waals surface area contributed by atoms with Crippen LogP contribution in [0.2, 0.25) is 10.0 Å². The molecule has 0 spiro atoms. The van der Waals surface area contributed by atoms with Gasteiger partial charge in [0.1, 0.15) is 0 Å². The highest BCUT2D eigenvalue weighted by molar-refractivity contribution is 9.08. The zero-order chi connectivity index (χ0) is 7.98. The van der Waals surface area contributed by atoms with Crippen LogP contribution >= 0.6 is 39.1 Å². The minimum atomic E-state index is 0.606. The van der Waals surface area contributed by atoms with E-state index in [4.69, 9.17) is 23.2 Å². The number of hydrogen-bond donors (Lipinski definition) is 0. The molecule has 3 heteroatoms. The number of alkyl halides is 1. The van der Waals surface area contributed by atoms with Crippen LogP contribution in [0.4, 0.5) is 0 Å². The molecule has 1 aromatic carbocycles. The van der Waals surface area contributed by atoms with Crippen molar-refractivity contribution >= 4 is 39.1 Å². The maximum atomic E-state index is 5.58. The Bertz CT molecular complexity index is 168. The van der Waals surface area contributed by atoms with Gasteiger partial charge in [0.05, 0.1) is 10.0 Å². The van der Waals surface area contributed by atoms with E-state index in [0.29, 0.717) is 10.0 Å². The molecule has 0 nitrogen and oxygen atoms in total. The summed E-state index contributed by atoms with van der Waals surface area (Å²) in [7, 11) is 0. The molecule has 0 radical (unpaired) electrons. The van der Waals surface area contributed by atoms with Crippen molar-refractivity contribution in [2.75, 3.05) is 5.83 Å². The molecule has 0 N–H and O–H groups in total. The van der Waals surface area contributed by atoms with Gasteiger partial charge in [-0.1, -0.05) is 51.3 Å². The highest BCUT2D eigenvalue weighted by Crippen LogP contribution is 2.19. The van der Waals surface area contributed by atoms with Gasteiger partial charge in [0.2, 0.25) is 0 Å². The zero-order valence-corrected chi connectivity index (χ0v) is 8.54. The fraction of sp³-hybridized carbons (Fsp3) is 0.143. The normalized spacial score (nSPS) is 8.00. The lowest BCUT2D eigenvalue weighted by Gasteiger charge is -1.88. The monoisotopic (exact) mass is 240 g/mol. The standard InChI is InChI=1S/C6H4Cl2.CH3Br/c7-5-3-1-2-4-6(5)8;1-2/h1-4H;1H3. The smallest absolute Gasteiger partial charge is 0.0592 e. The van der Waals surface area contributed by atoms with Gasteiger partial charge in [0.15, 0.2) is 0 Å². The van der Waals surface area contributed by atoms with Crippen molar-refractivity contribution in [2.45, 2.75) is 0 Å². The first-order valence-corrected chi connectivity index (χ1v) is 4.93. The summed E-state index contributed by atoms with van der Waals surface area (Å²) >= 11 is 14.1. The first kappa shape index (κ1) is 10.3. The van der Waals surface area contributed by atoms with Crippen molar-refractivity contribution in [1.29, 1.82) is 0 Å². The minimum Gasteiger partial charge on any atom is -0.0966 e. The predicted octanol–water partition coefficient (Wildman–Crippen LogP) is 4.00. The Morgan fingerprint density at radius 2 is 1.30 bits per heavy atom. The number of benzene rings is 1. The van der Waals surface area contributed by atoms with Gasteiger partial charge in [-0.15, -0.1) is 0 Å². The average molecular weight is 242 g/mol. The summed E-state index contributed by atoms with van der Waals surface area (Å²) < 4.78 is 0. The van der Waals surface area contributed by atoms with Gasteiger partial charge in [-0.3, -0.25) is 0 Å². The minimum absolute atomic E-state index is 0.606. The van der Waals surface area contributed by atoms with E-state index < -0.39 is 0 Å². The van der Waals surface area contributed by atoms with Crippen LogP contribution in [0, 0.1) is 0 Å². The highest BCUT2D eigenvalue weighted by Gasteiger charge is 1.89. The Hall–Kier alpha value is 0.280. The summed E-state index contributed by atoms with van der Waals surface area (Å²) in [6.45, 7) is 0. The summed E-state index contributed by atoms with van der Waals surface area (Å²) in [5.74, 6) is 1.81. The first-order chi connectivity index (χ1) is 4.80. The maximum Gasteiger partial charge on any atom is 0.0592 e. The molecule has 0 saturated carbocycles. The SMILES string of the molecule is CBr.Clc1ccccc1Cl. The largest absolute Gasteiger partial charge is 0.0966 e. The van der Waals surface area contributed by atoms with Gasteiger partial charge >= 0.3 is 0 Å². The highest BCUT2D eigenvalue weighted by atomic mass is 79.9. The van der Waals surface area contributed by atoms with Crippen molar-refractivity contribution in [3.8, 4) is 0 Å². The molecule has 0 fully saturated rings. The number of halogens is 3. The second-order valence-corrected chi connectivity index (χ2v) is 2.23. The van der Waals surface area contributed by atoms with Gasteiger partial charge in [-0.05, 0) is 18.0 Å². The Balaban J connectivity index is 0.000000371. The van der Waals surface area contributed by atoms with E-state index in [9.17, 15) is 0 Å². The van der Waals surface area contributed by atoms with Crippen molar-refractivity contribution in [2.24, 2.45) is 0 Å². The van der Waals surface area contributed by atoms with E-state index in [1.54, 1.807) is 12.1 Å².